The number of anilines is 1. The lowest BCUT2D eigenvalue weighted by atomic mass is 9.75. The van der Waals surface area contributed by atoms with Gasteiger partial charge in [-0.2, -0.15) is 4.58 Å². The van der Waals surface area contributed by atoms with Crippen molar-refractivity contribution in [3.63, 3.8) is 0 Å². The molecular formula is C56H65N3O17S3-2. The van der Waals surface area contributed by atoms with Crippen LogP contribution >= 0.6 is 0 Å². The molecule has 79 heavy (non-hydrogen) atoms. The van der Waals surface area contributed by atoms with Gasteiger partial charge >= 0.3 is 5.97 Å². The van der Waals surface area contributed by atoms with Crippen LogP contribution in [0, 0.1) is 6.92 Å². The lowest BCUT2D eigenvalue weighted by Gasteiger charge is -2.31. The van der Waals surface area contributed by atoms with E-state index in [1.165, 1.54) is 18.2 Å². The number of unbranched alkanes of at least 4 members (excludes halogenated alkanes) is 2. The molecule has 3 aliphatic rings. The zero-order valence-corrected chi connectivity index (χ0v) is 47.4. The summed E-state index contributed by atoms with van der Waals surface area (Å²) >= 11 is 0. The van der Waals surface area contributed by atoms with Crippen molar-refractivity contribution in [2.45, 2.75) is 105 Å². The predicted octanol–water partition coefficient (Wildman–Crippen LogP) is 6.99. The first kappa shape index (κ1) is 60.6. The van der Waals surface area contributed by atoms with Gasteiger partial charge in [0, 0.05) is 81.1 Å². The van der Waals surface area contributed by atoms with E-state index in [9.17, 15) is 53.3 Å². The number of hydrogen-bond acceptors (Lipinski definition) is 18. The fraction of sp³-hybridized carbons (Fsp3) is 0.429. The molecule has 3 aliphatic heterocycles. The second kappa shape index (κ2) is 25.2. The van der Waals surface area contributed by atoms with E-state index in [-0.39, 0.29) is 34.9 Å². The first-order chi connectivity index (χ1) is 37.3. The summed E-state index contributed by atoms with van der Waals surface area (Å²) < 4.78 is 137. The first-order valence-electron chi connectivity index (χ1n) is 25.8. The number of nitrogens with zero attached hydrogens (tertiary/aromatic N) is 3. The van der Waals surface area contributed by atoms with Crippen LogP contribution in [0.1, 0.15) is 88.8 Å². The Kier molecular flexibility index (Phi) is 19.4. The Bertz CT molecular complexity index is 3510. The Labute approximate surface area is 461 Å². The minimum Gasteiger partial charge on any atom is -0.744 e. The van der Waals surface area contributed by atoms with Gasteiger partial charge in [-0.3, -0.25) is 9.59 Å². The Morgan fingerprint density at radius 1 is 0.671 bits per heavy atom. The summed E-state index contributed by atoms with van der Waals surface area (Å²) in [6.07, 6.45) is 14.8. The molecule has 1 unspecified atom stereocenters. The molecule has 0 aromatic heterocycles. The lowest BCUT2D eigenvalue weighted by molar-refractivity contribution is -0.442. The molecule has 1 fully saturated rings. The fourth-order valence-corrected chi connectivity index (χ4v) is 12.7. The highest BCUT2D eigenvalue weighted by molar-refractivity contribution is 7.86. The molecule has 426 valence electrons. The number of amides is 2. The Balaban J connectivity index is 1.25. The second-order valence-corrected chi connectivity index (χ2v) is 24.2. The molecule has 4 aromatic carbocycles. The minimum atomic E-state index is -5.31. The van der Waals surface area contributed by atoms with Crippen molar-refractivity contribution in [1.29, 1.82) is 0 Å². The Morgan fingerprint density at radius 2 is 1.28 bits per heavy atom. The first-order valence-corrected chi connectivity index (χ1v) is 30.0. The second-order valence-electron chi connectivity index (χ2n) is 20.1. The molecule has 1 saturated heterocycles. The summed E-state index contributed by atoms with van der Waals surface area (Å²) in [6.45, 7) is 10.8. The van der Waals surface area contributed by atoms with E-state index in [1.807, 2.05) is 74.3 Å². The number of rotatable bonds is 27. The summed E-state index contributed by atoms with van der Waals surface area (Å²) in [5, 5.41) is 1.98. The minimum absolute atomic E-state index is 0.0500. The highest BCUT2D eigenvalue weighted by atomic mass is 32.2. The third-order valence-corrected chi connectivity index (χ3v) is 16.9. The molecule has 0 radical (unpaired) electrons. The van der Waals surface area contributed by atoms with Gasteiger partial charge in [-0.1, -0.05) is 49.3 Å². The molecule has 3 heterocycles. The van der Waals surface area contributed by atoms with Crippen molar-refractivity contribution in [2.75, 3.05) is 71.9 Å². The van der Waals surface area contributed by atoms with Gasteiger partial charge in [0.25, 0.3) is 11.8 Å². The number of aryl methyl sites for hydroxylation is 1. The zero-order chi connectivity index (χ0) is 57.5. The van der Waals surface area contributed by atoms with Crippen LogP contribution in [0.25, 0.3) is 21.5 Å². The van der Waals surface area contributed by atoms with Crippen molar-refractivity contribution >= 4 is 86.8 Å². The van der Waals surface area contributed by atoms with E-state index >= 15 is 0 Å². The SMILES string of the molecule is COCCOCCCN1/C(=C/C=C/C=C/C=C/C2=[N+](CCOCCOC)c3ccc4c(C)cc(S(=O)(=O)[O-])cc4c3C2(C)C)C(C)(CCCCCC(=O)ON2C(=O)CCC2=O)c2c1ccc1c(S(=O)(=O)[O-])cc(S(=O)(=O)[O-])cc21. The molecule has 0 bridgehead atoms. The highest BCUT2D eigenvalue weighted by Crippen LogP contribution is 2.54. The standard InChI is InChI=1S/C56H67N3O17S3/c1-38-34-39(77(63,64)65)35-43-41(38)19-21-45-53(43)55(2,3)48(58(45)27-29-75-33-31-73-6)16-11-8-7-9-12-17-49-56(4,25-14-10-13-18-52(62)76-59-50(60)23-24-51(59)61)54-44-36-40(78(66,67)68)37-47(79(69,70)71)42(44)20-22-46(54)57(49)26-15-28-74-32-30-72-5/h7-9,11-12,16-17,19-22,34-37H,10,13-15,18,23-33H2,1-6H3,(H2-,63,64,65,66,67,68,69,70,71)/p-2. The van der Waals surface area contributed by atoms with Crippen LogP contribution in [0.3, 0.4) is 0 Å². The van der Waals surface area contributed by atoms with Gasteiger partial charge < -0.3 is 42.3 Å². The normalized spacial score (nSPS) is 18.3. The smallest absolute Gasteiger partial charge is 0.333 e. The van der Waals surface area contributed by atoms with Crippen molar-refractivity contribution in [2.24, 2.45) is 0 Å². The van der Waals surface area contributed by atoms with Crippen LogP contribution in [-0.2, 0) is 79.4 Å². The summed E-state index contributed by atoms with van der Waals surface area (Å²) in [4.78, 5) is 41.8. The van der Waals surface area contributed by atoms with Gasteiger partial charge in [0.05, 0.1) is 46.5 Å². The zero-order valence-electron chi connectivity index (χ0n) is 45.0. The summed E-state index contributed by atoms with van der Waals surface area (Å²) in [5.41, 5.74) is 3.26. The van der Waals surface area contributed by atoms with Crippen molar-refractivity contribution < 1.29 is 81.7 Å². The number of hydroxylamine groups is 2. The average molecular weight is 1150 g/mol. The number of allylic oxidation sites excluding steroid dienone is 8. The van der Waals surface area contributed by atoms with Gasteiger partial charge in [-0.15, -0.1) is 5.06 Å². The number of carbonyl (C=O) groups excluding carboxylic acids is 3. The number of benzene rings is 4. The van der Waals surface area contributed by atoms with Crippen LogP contribution in [0.15, 0.2) is 111 Å². The number of hydrogen-bond donors (Lipinski definition) is 0. The highest BCUT2D eigenvalue weighted by Gasteiger charge is 2.47. The predicted molar refractivity (Wildman–Crippen MR) is 290 cm³/mol. The molecular weight excluding hydrogens is 1080 g/mol. The van der Waals surface area contributed by atoms with Gasteiger partial charge in [0.1, 0.15) is 37.0 Å². The van der Waals surface area contributed by atoms with Crippen LogP contribution in [0.5, 0.6) is 0 Å². The molecule has 0 aliphatic carbocycles. The molecule has 23 heteroatoms. The summed E-state index contributed by atoms with van der Waals surface area (Å²) in [6, 6.07) is 11.5. The number of ether oxygens (including phenoxy) is 4. The molecule has 0 saturated carbocycles. The fourth-order valence-electron chi connectivity index (χ4n) is 10.8. The lowest BCUT2D eigenvalue weighted by Crippen LogP contribution is -2.32. The number of carbonyl (C=O) groups is 3. The van der Waals surface area contributed by atoms with Gasteiger partial charge in [-0.25, -0.2) is 30.0 Å². The van der Waals surface area contributed by atoms with Crippen LogP contribution in [0.2, 0.25) is 0 Å². The maximum atomic E-state index is 12.8. The van der Waals surface area contributed by atoms with Gasteiger partial charge in [-0.05, 0) is 122 Å². The van der Waals surface area contributed by atoms with Crippen LogP contribution in [-0.4, -0.2) is 139 Å². The van der Waals surface area contributed by atoms with E-state index in [0.29, 0.717) is 124 Å². The largest absolute Gasteiger partial charge is 0.744 e. The molecule has 0 spiro atoms. The third-order valence-electron chi connectivity index (χ3n) is 14.4. The Hall–Kier alpha value is -5.99. The molecule has 4 aromatic rings. The summed E-state index contributed by atoms with van der Waals surface area (Å²) in [7, 11) is -12.2. The van der Waals surface area contributed by atoms with Crippen molar-refractivity contribution in [3.05, 3.63) is 113 Å². The van der Waals surface area contributed by atoms with E-state index in [4.69, 9.17) is 23.8 Å². The Morgan fingerprint density at radius 3 is 1.92 bits per heavy atom. The van der Waals surface area contributed by atoms with E-state index in [0.717, 1.165) is 28.4 Å². The number of imide groups is 1. The molecule has 20 nitrogen and oxygen atoms in total. The molecule has 0 N–H and O–H groups in total. The quantitative estimate of drug-likeness (QED) is 0.0191. The topological polar surface area (TPSA) is 278 Å². The van der Waals surface area contributed by atoms with E-state index in [2.05, 4.69) is 4.58 Å². The average Bonchev–Trinajstić information content (AvgIpc) is 4.16. The monoisotopic (exact) mass is 1150 g/mol. The molecule has 7 rings (SSSR count). The number of methoxy groups -OCH3 is 2. The molecule has 1 atom stereocenters. The van der Waals surface area contributed by atoms with Crippen LogP contribution in [0.4, 0.5) is 11.4 Å². The van der Waals surface area contributed by atoms with E-state index in [1.54, 1.807) is 33.3 Å². The maximum absolute atomic E-state index is 12.8. The van der Waals surface area contributed by atoms with Gasteiger partial charge in [0.15, 0.2) is 12.3 Å². The maximum Gasteiger partial charge on any atom is 0.333 e. The third kappa shape index (κ3) is 13.6. The molecule has 2 amide bonds. The summed E-state index contributed by atoms with van der Waals surface area (Å²) in [5.74, 6) is -1.96. The van der Waals surface area contributed by atoms with Crippen molar-refractivity contribution in [3.8, 4) is 0 Å². The van der Waals surface area contributed by atoms with Crippen LogP contribution < -0.4 is 4.90 Å². The van der Waals surface area contributed by atoms with Gasteiger partial charge in [0.2, 0.25) is 5.69 Å². The van der Waals surface area contributed by atoms with E-state index < -0.39 is 68.8 Å². The van der Waals surface area contributed by atoms with Crippen molar-refractivity contribution in [1.82, 2.24) is 5.06 Å². The number of fused-ring (bicyclic) bond motifs is 6.